The van der Waals surface area contributed by atoms with E-state index in [4.69, 9.17) is 9.15 Å². The van der Waals surface area contributed by atoms with Crippen molar-refractivity contribution in [1.82, 2.24) is 9.47 Å². The van der Waals surface area contributed by atoms with Crippen molar-refractivity contribution in [2.75, 3.05) is 26.3 Å². The van der Waals surface area contributed by atoms with Gasteiger partial charge in [0.1, 0.15) is 6.04 Å². The molecular formula is C14H16N2O4. The van der Waals surface area contributed by atoms with Crippen molar-refractivity contribution in [2.24, 2.45) is 0 Å². The molecule has 0 aliphatic carbocycles. The van der Waals surface area contributed by atoms with E-state index < -0.39 is 11.8 Å². The summed E-state index contributed by atoms with van der Waals surface area (Å²) in [7, 11) is 0. The summed E-state index contributed by atoms with van der Waals surface area (Å²) in [5.41, 5.74) is 1.14. The summed E-state index contributed by atoms with van der Waals surface area (Å²) in [6, 6.07) is 6.54. The first-order chi connectivity index (χ1) is 9.68. The van der Waals surface area contributed by atoms with Crippen LogP contribution in [0.1, 0.15) is 13.0 Å². The Hall–Kier alpha value is -2.08. The van der Waals surface area contributed by atoms with Crippen LogP contribution in [0, 0.1) is 0 Å². The summed E-state index contributed by atoms with van der Waals surface area (Å²) in [5.74, 6) is -0.581. The van der Waals surface area contributed by atoms with Crippen LogP contribution < -0.4 is 5.76 Å². The lowest BCUT2D eigenvalue weighted by Crippen LogP contribution is -2.44. The van der Waals surface area contributed by atoms with Crippen molar-refractivity contribution < 1.29 is 13.9 Å². The Balaban J connectivity index is 1.95. The van der Waals surface area contributed by atoms with Crippen LogP contribution in [0.3, 0.4) is 0 Å². The highest BCUT2D eigenvalue weighted by Gasteiger charge is 2.26. The number of aromatic nitrogens is 1. The van der Waals surface area contributed by atoms with Gasteiger partial charge in [-0.05, 0) is 19.1 Å². The number of nitrogens with zero attached hydrogens (tertiary/aromatic N) is 2. The lowest BCUT2D eigenvalue weighted by molar-refractivity contribution is -0.138. The Labute approximate surface area is 115 Å². The Kier molecular flexibility index (Phi) is 3.31. The van der Waals surface area contributed by atoms with Gasteiger partial charge in [0.2, 0.25) is 5.91 Å². The van der Waals surface area contributed by atoms with E-state index in [-0.39, 0.29) is 5.91 Å². The highest BCUT2D eigenvalue weighted by molar-refractivity contribution is 5.83. The number of rotatable bonds is 2. The van der Waals surface area contributed by atoms with Gasteiger partial charge in [-0.2, -0.15) is 0 Å². The van der Waals surface area contributed by atoms with Gasteiger partial charge in [0.15, 0.2) is 5.58 Å². The van der Waals surface area contributed by atoms with Crippen molar-refractivity contribution in [3.63, 3.8) is 0 Å². The fourth-order valence-electron chi connectivity index (χ4n) is 2.51. The highest BCUT2D eigenvalue weighted by atomic mass is 16.5. The zero-order chi connectivity index (χ0) is 14.1. The second-order valence-electron chi connectivity index (χ2n) is 4.82. The van der Waals surface area contributed by atoms with Crippen molar-refractivity contribution in [3.8, 4) is 0 Å². The number of fused-ring (bicyclic) bond motifs is 1. The van der Waals surface area contributed by atoms with Gasteiger partial charge in [0.25, 0.3) is 0 Å². The number of benzene rings is 1. The summed E-state index contributed by atoms with van der Waals surface area (Å²) in [5, 5.41) is 0. The summed E-state index contributed by atoms with van der Waals surface area (Å²) in [6.07, 6.45) is 0. The SMILES string of the molecule is C[C@H](C(=O)N1CCOCC1)n1c(=O)oc2ccccc21. The molecule has 0 radical (unpaired) electrons. The van der Waals surface area contributed by atoms with Crippen LogP contribution >= 0.6 is 0 Å². The molecular weight excluding hydrogens is 260 g/mol. The number of oxazole rings is 1. The number of morpholine rings is 1. The second kappa shape index (κ2) is 5.13. The molecule has 1 aliphatic rings. The smallest absolute Gasteiger partial charge is 0.408 e. The van der Waals surface area contributed by atoms with E-state index in [9.17, 15) is 9.59 Å². The average molecular weight is 276 g/mol. The minimum atomic E-state index is -0.579. The maximum Gasteiger partial charge on any atom is 0.420 e. The molecule has 2 heterocycles. The van der Waals surface area contributed by atoms with Gasteiger partial charge < -0.3 is 14.1 Å². The summed E-state index contributed by atoms with van der Waals surface area (Å²) in [4.78, 5) is 26.2. The number of hydrogen-bond donors (Lipinski definition) is 0. The molecule has 1 saturated heterocycles. The van der Waals surface area contributed by atoms with Gasteiger partial charge >= 0.3 is 5.76 Å². The number of carbonyl (C=O) groups excluding carboxylic acids is 1. The van der Waals surface area contributed by atoms with Crippen LogP contribution in [-0.4, -0.2) is 41.7 Å². The fourth-order valence-corrected chi connectivity index (χ4v) is 2.51. The molecule has 2 aromatic rings. The molecule has 0 spiro atoms. The van der Waals surface area contributed by atoms with Crippen molar-refractivity contribution in [2.45, 2.75) is 13.0 Å². The normalized spacial score (nSPS) is 17.4. The molecule has 1 aromatic carbocycles. The molecule has 3 rings (SSSR count). The minimum absolute atomic E-state index is 0.0815. The number of para-hydroxylation sites is 2. The van der Waals surface area contributed by atoms with Gasteiger partial charge in [-0.1, -0.05) is 12.1 Å². The standard InChI is InChI=1S/C14H16N2O4/c1-10(13(17)15-6-8-19-9-7-15)16-11-4-2-3-5-12(11)20-14(16)18/h2-5,10H,6-9H2,1H3/t10-/m1/s1. The number of ether oxygens (including phenoxy) is 1. The first kappa shape index (κ1) is 12.9. The van der Waals surface area contributed by atoms with Gasteiger partial charge in [-0.25, -0.2) is 4.79 Å². The Morgan fingerprint density at radius 2 is 1.95 bits per heavy atom. The van der Waals surface area contributed by atoms with Gasteiger partial charge in [-0.15, -0.1) is 0 Å². The zero-order valence-electron chi connectivity index (χ0n) is 11.2. The van der Waals surface area contributed by atoms with E-state index in [2.05, 4.69) is 0 Å². The number of amides is 1. The van der Waals surface area contributed by atoms with Crippen LogP contribution in [0.5, 0.6) is 0 Å². The van der Waals surface area contributed by atoms with E-state index in [1.807, 2.05) is 6.07 Å². The van der Waals surface area contributed by atoms with Crippen LogP contribution in [0.2, 0.25) is 0 Å². The van der Waals surface area contributed by atoms with Crippen molar-refractivity contribution in [1.29, 1.82) is 0 Å². The van der Waals surface area contributed by atoms with E-state index in [1.54, 1.807) is 30.0 Å². The maximum atomic E-state index is 12.5. The fraction of sp³-hybridized carbons (Fsp3) is 0.429. The van der Waals surface area contributed by atoms with Gasteiger partial charge in [0.05, 0.1) is 18.7 Å². The molecule has 6 heteroatoms. The van der Waals surface area contributed by atoms with E-state index >= 15 is 0 Å². The topological polar surface area (TPSA) is 64.7 Å². The molecule has 0 N–H and O–H groups in total. The van der Waals surface area contributed by atoms with Gasteiger partial charge in [0, 0.05) is 13.1 Å². The quantitative estimate of drug-likeness (QED) is 0.821. The molecule has 20 heavy (non-hydrogen) atoms. The second-order valence-corrected chi connectivity index (χ2v) is 4.82. The Morgan fingerprint density at radius 3 is 2.70 bits per heavy atom. The Morgan fingerprint density at radius 1 is 1.25 bits per heavy atom. The largest absolute Gasteiger partial charge is 0.420 e. The molecule has 6 nitrogen and oxygen atoms in total. The third-order valence-corrected chi connectivity index (χ3v) is 3.59. The Bertz CT molecular complexity index is 682. The number of carbonyl (C=O) groups is 1. The third kappa shape index (κ3) is 2.12. The first-order valence-corrected chi connectivity index (χ1v) is 6.65. The number of hydrogen-bond acceptors (Lipinski definition) is 4. The molecule has 0 bridgehead atoms. The predicted molar refractivity (Wildman–Crippen MR) is 72.6 cm³/mol. The molecule has 1 fully saturated rings. The summed E-state index contributed by atoms with van der Waals surface area (Å²) < 4.78 is 11.8. The van der Waals surface area contributed by atoms with Crippen molar-refractivity contribution in [3.05, 3.63) is 34.8 Å². The first-order valence-electron chi connectivity index (χ1n) is 6.65. The molecule has 1 atom stereocenters. The molecule has 0 saturated carbocycles. The lowest BCUT2D eigenvalue weighted by Gasteiger charge is -2.29. The molecule has 1 aliphatic heterocycles. The molecule has 1 aromatic heterocycles. The van der Waals surface area contributed by atoms with E-state index in [1.165, 1.54) is 4.57 Å². The lowest BCUT2D eigenvalue weighted by atomic mass is 10.2. The molecule has 1 amide bonds. The van der Waals surface area contributed by atoms with Gasteiger partial charge in [-0.3, -0.25) is 9.36 Å². The average Bonchev–Trinajstić information content (AvgIpc) is 2.82. The molecule has 106 valence electrons. The van der Waals surface area contributed by atoms with Crippen LogP contribution in [0.15, 0.2) is 33.5 Å². The van der Waals surface area contributed by atoms with E-state index in [0.717, 1.165) is 0 Å². The monoisotopic (exact) mass is 276 g/mol. The maximum absolute atomic E-state index is 12.5. The van der Waals surface area contributed by atoms with E-state index in [0.29, 0.717) is 37.4 Å². The third-order valence-electron chi connectivity index (χ3n) is 3.59. The summed E-state index contributed by atoms with van der Waals surface area (Å²) in [6.45, 7) is 3.93. The van der Waals surface area contributed by atoms with Crippen molar-refractivity contribution >= 4 is 17.0 Å². The van der Waals surface area contributed by atoms with Crippen LogP contribution in [0.25, 0.3) is 11.1 Å². The highest BCUT2D eigenvalue weighted by Crippen LogP contribution is 2.18. The van der Waals surface area contributed by atoms with Crippen LogP contribution in [0.4, 0.5) is 0 Å². The minimum Gasteiger partial charge on any atom is -0.408 e. The summed E-state index contributed by atoms with van der Waals surface area (Å²) >= 11 is 0. The molecule has 0 unspecified atom stereocenters. The van der Waals surface area contributed by atoms with Crippen LogP contribution in [-0.2, 0) is 9.53 Å². The predicted octanol–water partition coefficient (Wildman–Crippen LogP) is 1.01. The zero-order valence-corrected chi connectivity index (χ0v) is 11.2.